The number of benzene rings is 3. The van der Waals surface area contributed by atoms with Crippen LogP contribution in [0.25, 0.3) is 5.57 Å². The predicted octanol–water partition coefficient (Wildman–Crippen LogP) is 5.56. The molecule has 1 heterocycles. The normalized spacial score (nSPS) is 14.8. The lowest BCUT2D eigenvalue weighted by Gasteiger charge is -2.42. The first-order valence-electron chi connectivity index (χ1n) is 9.38. The van der Waals surface area contributed by atoms with Gasteiger partial charge in [0.05, 0.1) is 11.6 Å². The van der Waals surface area contributed by atoms with Crippen LogP contribution in [0.15, 0.2) is 78.4 Å². The van der Waals surface area contributed by atoms with E-state index in [1.807, 2.05) is 54.6 Å². The van der Waals surface area contributed by atoms with Crippen molar-refractivity contribution in [2.45, 2.75) is 6.04 Å². The van der Waals surface area contributed by atoms with E-state index in [1.165, 1.54) is 0 Å². The lowest BCUT2D eigenvalue weighted by atomic mass is 9.89. The molecule has 1 fully saturated rings. The summed E-state index contributed by atoms with van der Waals surface area (Å²) in [4.78, 5) is 14.0. The summed E-state index contributed by atoms with van der Waals surface area (Å²) in [6.45, 7) is 0.754. The van der Waals surface area contributed by atoms with E-state index in [4.69, 9.17) is 11.6 Å². The van der Waals surface area contributed by atoms with Crippen molar-refractivity contribution in [3.8, 4) is 0 Å². The molecule has 1 N–H and O–H groups in total. The summed E-state index contributed by atoms with van der Waals surface area (Å²) in [5.41, 5.74) is 2.71. The molecule has 3 aromatic rings. The average Bonchev–Trinajstić information content (AvgIpc) is 2.67. The zero-order valence-electron chi connectivity index (χ0n) is 15.9. The first-order valence-corrected chi connectivity index (χ1v) is 9.76. The first-order chi connectivity index (χ1) is 14.4. The highest BCUT2D eigenvalue weighted by Crippen LogP contribution is 2.37. The van der Waals surface area contributed by atoms with Gasteiger partial charge in [-0.15, -0.1) is 0 Å². The van der Waals surface area contributed by atoms with Crippen LogP contribution in [0.4, 0.5) is 8.78 Å². The topological polar surface area (TPSA) is 40.5 Å². The van der Waals surface area contributed by atoms with Crippen molar-refractivity contribution in [1.82, 2.24) is 4.90 Å². The Morgan fingerprint density at radius 1 is 0.900 bits per heavy atom. The molecule has 4 rings (SSSR count). The number of hydrogen-bond acceptors (Lipinski definition) is 2. The summed E-state index contributed by atoms with van der Waals surface area (Å²) in [6.07, 6.45) is 0. The van der Waals surface area contributed by atoms with E-state index in [0.29, 0.717) is 23.7 Å². The van der Waals surface area contributed by atoms with E-state index in [1.54, 1.807) is 0 Å². The minimum absolute atomic E-state index is 0.0393. The number of likely N-dealkylation sites (tertiary alicyclic amines) is 1. The van der Waals surface area contributed by atoms with E-state index in [-0.39, 0.29) is 17.2 Å². The van der Waals surface area contributed by atoms with Crippen LogP contribution in [0.1, 0.15) is 22.7 Å². The van der Waals surface area contributed by atoms with Crippen molar-refractivity contribution in [2.75, 3.05) is 13.1 Å². The van der Waals surface area contributed by atoms with E-state index < -0.39 is 17.6 Å². The van der Waals surface area contributed by atoms with Gasteiger partial charge in [0, 0.05) is 24.2 Å². The van der Waals surface area contributed by atoms with Crippen LogP contribution in [0.5, 0.6) is 0 Å². The monoisotopic (exact) mass is 425 g/mol. The Kier molecular flexibility index (Phi) is 5.66. The molecule has 152 valence electrons. The van der Waals surface area contributed by atoms with E-state index >= 15 is 0 Å². The van der Waals surface area contributed by atoms with Crippen LogP contribution >= 0.6 is 11.6 Å². The maximum Gasteiger partial charge on any atom is 0.336 e. The van der Waals surface area contributed by atoms with Crippen molar-refractivity contribution in [3.05, 3.63) is 112 Å². The van der Waals surface area contributed by atoms with Crippen molar-refractivity contribution in [3.63, 3.8) is 0 Å². The minimum atomic E-state index is -1.20. The molecule has 1 atom stereocenters. The molecule has 0 bridgehead atoms. The summed E-state index contributed by atoms with van der Waals surface area (Å²) < 4.78 is 27.3. The molecule has 1 saturated heterocycles. The molecule has 6 heteroatoms. The van der Waals surface area contributed by atoms with Crippen molar-refractivity contribution in [1.29, 1.82) is 0 Å². The Morgan fingerprint density at radius 3 is 2.03 bits per heavy atom. The average molecular weight is 426 g/mol. The lowest BCUT2D eigenvalue weighted by molar-refractivity contribution is -0.130. The SMILES string of the molecule is O=C(O)C(=C1CN(C(c2ccccc2)c2ccc(Cl)cc2)C1)c1cc(F)cc(F)c1. The van der Waals surface area contributed by atoms with Crippen molar-refractivity contribution >= 4 is 23.1 Å². The van der Waals surface area contributed by atoms with E-state index in [9.17, 15) is 18.7 Å². The highest BCUT2D eigenvalue weighted by Gasteiger charge is 2.34. The second-order valence-corrected chi connectivity index (χ2v) is 7.65. The summed E-state index contributed by atoms with van der Waals surface area (Å²) in [5, 5.41) is 10.3. The summed E-state index contributed by atoms with van der Waals surface area (Å²) in [5.74, 6) is -2.80. The van der Waals surface area contributed by atoms with Gasteiger partial charge in [-0.1, -0.05) is 54.1 Å². The number of halogens is 3. The molecule has 0 aromatic heterocycles. The van der Waals surface area contributed by atoms with Crippen molar-refractivity contribution in [2.24, 2.45) is 0 Å². The number of aliphatic carboxylic acids is 1. The minimum Gasteiger partial charge on any atom is -0.478 e. The van der Waals surface area contributed by atoms with Gasteiger partial charge in [0.15, 0.2) is 0 Å². The zero-order valence-corrected chi connectivity index (χ0v) is 16.6. The fourth-order valence-electron chi connectivity index (χ4n) is 3.86. The number of nitrogens with zero attached hydrogens (tertiary/aromatic N) is 1. The largest absolute Gasteiger partial charge is 0.478 e. The molecular weight excluding hydrogens is 408 g/mol. The van der Waals surface area contributed by atoms with Gasteiger partial charge < -0.3 is 5.11 Å². The lowest BCUT2D eigenvalue weighted by Crippen LogP contribution is -2.44. The zero-order chi connectivity index (χ0) is 21.3. The summed E-state index contributed by atoms with van der Waals surface area (Å²) in [7, 11) is 0. The molecule has 0 spiro atoms. The molecule has 1 aliphatic heterocycles. The van der Waals surface area contributed by atoms with Gasteiger partial charge in [0.25, 0.3) is 0 Å². The van der Waals surface area contributed by atoms with E-state index in [2.05, 4.69) is 4.90 Å². The molecule has 0 saturated carbocycles. The Balaban J connectivity index is 1.69. The van der Waals surface area contributed by atoms with Crippen molar-refractivity contribution < 1.29 is 18.7 Å². The smallest absolute Gasteiger partial charge is 0.336 e. The quantitative estimate of drug-likeness (QED) is 0.544. The molecule has 0 aliphatic carbocycles. The maximum absolute atomic E-state index is 13.6. The second-order valence-electron chi connectivity index (χ2n) is 7.21. The molecule has 30 heavy (non-hydrogen) atoms. The number of rotatable bonds is 5. The number of carboxylic acid groups (broad SMARTS) is 1. The van der Waals surface area contributed by atoms with Gasteiger partial charge in [-0.3, -0.25) is 4.90 Å². The third kappa shape index (κ3) is 4.13. The van der Waals surface area contributed by atoms with Gasteiger partial charge in [0.2, 0.25) is 0 Å². The van der Waals surface area contributed by atoms with Crippen LogP contribution in [0.3, 0.4) is 0 Å². The highest BCUT2D eigenvalue weighted by molar-refractivity contribution is 6.30. The number of carboxylic acids is 1. The van der Waals surface area contributed by atoms with Crippen LogP contribution < -0.4 is 0 Å². The van der Waals surface area contributed by atoms with Crippen LogP contribution in [-0.2, 0) is 4.79 Å². The molecule has 0 amide bonds. The first kappa shape index (κ1) is 20.3. The molecule has 3 aromatic carbocycles. The second kappa shape index (κ2) is 8.38. The Hall–Kier alpha value is -3.02. The Labute approximate surface area is 177 Å². The highest BCUT2D eigenvalue weighted by atomic mass is 35.5. The maximum atomic E-state index is 13.6. The molecule has 1 unspecified atom stereocenters. The fourth-order valence-corrected chi connectivity index (χ4v) is 3.98. The van der Waals surface area contributed by atoms with E-state index in [0.717, 1.165) is 29.3 Å². The Morgan fingerprint density at radius 2 is 1.47 bits per heavy atom. The molecule has 0 radical (unpaired) electrons. The molecular formula is C24H18ClF2NO2. The van der Waals surface area contributed by atoms with Gasteiger partial charge in [-0.05, 0) is 46.5 Å². The van der Waals surface area contributed by atoms with Crippen LogP contribution in [0, 0.1) is 11.6 Å². The van der Waals surface area contributed by atoms with Gasteiger partial charge in [-0.2, -0.15) is 0 Å². The third-order valence-corrected chi connectivity index (χ3v) is 5.42. The number of hydrogen-bond donors (Lipinski definition) is 1. The Bertz CT molecular complexity index is 1090. The van der Waals surface area contributed by atoms with Gasteiger partial charge >= 0.3 is 5.97 Å². The van der Waals surface area contributed by atoms with Crippen LogP contribution in [-0.4, -0.2) is 29.1 Å². The van der Waals surface area contributed by atoms with Crippen LogP contribution in [0.2, 0.25) is 5.02 Å². The van der Waals surface area contributed by atoms with Gasteiger partial charge in [-0.25, -0.2) is 13.6 Å². The summed E-state index contributed by atoms with van der Waals surface area (Å²) >= 11 is 6.04. The molecule has 1 aliphatic rings. The third-order valence-electron chi connectivity index (χ3n) is 5.17. The summed E-state index contributed by atoms with van der Waals surface area (Å²) in [6, 6.07) is 20.1. The predicted molar refractivity (Wildman–Crippen MR) is 112 cm³/mol. The standard InChI is InChI=1S/C24H18ClF2NO2/c25-19-8-6-16(7-9-19)23(15-4-2-1-3-5-15)28-13-18(14-28)22(24(29)30)17-10-20(26)12-21(27)11-17/h1-12,23H,13-14H2,(H,29,30). The molecule has 3 nitrogen and oxygen atoms in total. The van der Waals surface area contributed by atoms with Gasteiger partial charge in [0.1, 0.15) is 11.6 Å². The number of carbonyl (C=O) groups is 1. The fraction of sp³-hybridized carbons (Fsp3) is 0.125.